The van der Waals surface area contributed by atoms with Crippen LogP contribution in [0, 0.1) is 6.92 Å². The van der Waals surface area contributed by atoms with Crippen molar-refractivity contribution < 1.29 is 26.7 Å². The van der Waals surface area contributed by atoms with Gasteiger partial charge in [-0.3, -0.25) is 4.79 Å². The number of urea groups is 1. The predicted molar refractivity (Wildman–Crippen MR) is 118 cm³/mol. The first kappa shape index (κ1) is 24.4. The zero-order valence-electron chi connectivity index (χ0n) is 19.0. The summed E-state index contributed by atoms with van der Waals surface area (Å²) >= 11 is 0. The number of piperidine rings is 1. The molecule has 2 amide bonds. The van der Waals surface area contributed by atoms with Crippen LogP contribution in [-0.2, 0) is 13.2 Å². The molecule has 4 rings (SSSR count). The molecule has 1 fully saturated rings. The van der Waals surface area contributed by atoms with Gasteiger partial charge in [0.25, 0.3) is 11.5 Å². The summed E-state index contributed by atoms with van der Waals surface area (Å²) in [4.78, 5) is 38.5. The Morgan fingerprint density at radius 3 is 2.69 bits per heavy atom. The first-order valence-corrected chi connectivity index (χ1v) is 10.5. The molecule has 9 nitrogen and oxygen atoms in total. The van der Waals surface area contributed by atoms with Gasteiger partial charge >= 0.3 is 12.2 Å². The molecule has 4 heterocycles. The number of carbonyl (C=O) groups is 1. The largest absolute Gasteiger partial charge is 0.417 e. The Kier molecular flexibility index (Phi) is 5.93. The minimum Gasteiger partial charge on any atom is -0.349 e. The van der Waals surface area contributed by atoms with Gasteiger partial charge in [-0.05, 0) is 25.5 Å². The van der Waals surface area contributed by atoms with E-state index in [1.807, 2.05) is 12.2 Å². The van der Waals surface area contributed by atoms with Crippen LogP contribution in [0.15, 0.2) is 29.3 Å². The first-order chi connectivity index (χ1) is 16.3. The van der Waals surface area contributed by atoms with Gasteiger partial charge in [-0.25, -0.2) is 23.5 Å². The van der Waals surface area contributed by atoms with Crippen molar-refractivity contribution in [2.75, 3.05) is 30.4 Å². The quantitative estimate of drug-likeness (QED) is 0.539. The molecular formula is C21H22F5N7O2. The van der Waals surface area contributed by atoms with Gasteiger partial charge in [0.2, 0.25) is 0 Å². The van der Waals surface area contributed by atoms with Crippen LogP contribution in [-0.4, -0.2) is 62.6 Å². The number of alkyl halides is 5. The number of amides is 2. The fourth-order valence-electron chi connectivity index (χ4n) is 4.07. The number of nitrogens with one attached hydrogen (secondary N) is 2. The van der Waals surface area contributed by atoms with Crippen molar-refractivity contribution >= 4 is 28.7 Å². The van der Waals surface area contributed by atoms with Crippen molar-refractivity contribution in [3.8, 4) is 0 Å². The molecule has 0 aliphatic carbocycles. The molecule has 0 spiro atoms. The highest BCUT2D eigenvalue weighted by Gasteiger charge is 2.48. The van der Waals surface area contributed by atoms with Crippen molar-refractivity contribution in [3.05, 3.63) is 46.1 Å². The van der Waals surface area contributed by atoms with E-state index in [1.54, 1.807) is 6.07 Å². The number of carbonyl (C=O) groups excluding carboxylic acids is 1. The molecule has 0 aromatic carbocycles. The number of aromatic amines is 1. The normalized spacial score (nSPS) is 18.1. The van der Waals surface area contributed by atoms with E-state index in [0.29, 0.717) is 32.9 Å². The molecule has 2 N–H and O–H groups in total. The van der Waals surface area contributed by atoms with Crippen molar-refractivity contribution in [2.45, 2.75) is 31.5 Å². The van der Waals surface area contributed by atoms with Crippen molar-refractivity contribution in [1.82, 2.24) is 24.4 Å². The molecule has 1 aliphatic rings. The summed E-state index contributed by atoms with van der Waals surface area (Å²) in [6.45, 7) is 1.20. The molecule has 14 heteroatoms. The topological polar surface area (TPSA) is 99.2 Å². The van der Waals surface area contributed by atoms with Gasteiger partial charge in [-0.1, -0.05) is 0 Å². The van der Waals surface area contributed by atoms with E-state index < -0.39 is 47.5 Å². The van der Waals surface area contributed by atoms with Crippen LogP contribution >= 0.6 is 0 Å². The molecule has 1 atom stereocenters. The minimum atomic E-state index is -4.76. The van der Waals surface area contributed by atoms with Crippen LogP contribution in [0.1, 0.15) is 17.7 Å². The Bertz CT molecular complexity index is 1330. The molecule has 1 saturated heterocycles. The lowest BCUT2D eigenvalue weighted by Crippen LogP contribution is -2.59. The molecule has 0 radical (unpaired) electrons. The maximum Gasteiger partial charge on any atom is 0.417 e. The number of nitrogens with zero attached hydrogens (tertiary/aromatic N) is 5. The van der Waals surface area contributed by atoms with Gasteiger partial charge in [-0.2, -0.15) is 13.2 Å². The van der Waals surface area contributed by atoms with Crippen LogP contribution in [0.2, 0.25) is 0 Å². The third-order valence-corrected chi connectivity index (χ3v) is 5.88. The van der Waals surface area contributed by atoms with Gasteiger partial charge in [0.05, 0.1) is 18.3 Å². The maximum atomic E-state index is 15.1. The second-order valence-electron chi connectivity index (χ2n) is 8.50. The van der Waals surface area contributed by atoms with Crippen LogP contribution in [0.4, 0.5) is 38.3 Å². The summed E-state index contributed by atoms with van der Waals surface area (Å²) in [5, 5.41) is 2.04. The van der Waals surface area contributed by atoms with E-state index in [-0.39, 0.29) is 18.8 Å². The van der Waals surface area contributed by atoms with E-state index >= 15 is 8.78 Å². The third-order valence-electron chi connectivity index (χ3n) is 5.88. The summed E-state index contributed by atoms with van der Waals surface area (Å²) < 4.78 is 70.1. The van der Waals surface area contributed by atoms with E-state index in [4.69, 9.17) is 0 Å². The first-order valence-electron chi connectivity index (χ1n) is 10.5. The number of hydrogen-bond acceptors (Lipinski definition) is 5. The summed E-state index contributed by atoms with van der Waals surface area (Å²) in [7, 11) is 2.20. The van der Waals surface area contributed by atoms with Crippen LogP contribution in [0.5, 0.6) is 0 Å². The Hall–Kier alpha value is -3.71. The highest BCUT2D eigenvalue weighted by atomic mass is 19.4. The number of rotatable bonds is 3. The monoisotopic (exact) mass is 499 g/mol. The van der Waals surface area contributed by atoms with Gasteiger partial charge in [0, 0.05) is 32.5 Å². The highest BCUT2D eigenvalue weighted by molar-refractivity contribution is 5.89. The Labute approximate surface area is 195 Å². The van der Waals surface area contributed by atoms with Gasteiger partial charge < -0.3 is 24.7 Å². The van der Waals surface area contributed by atoms with Crippen LogP contribution < -0.4 is 15.8 Å². The summed E-state index contributed by atoms with van der Waals surface area (Å²) in [5.41, 5.74) is -0.841. The highest BCUT2D eigenvalue weighted by Crippen LogP contribution is 2.34. The molecule has 188 valence electrons. The van der Waals surface area contributed by atoms with E-state index in [0.717, 1.165) is 19.8 Å². The molecular weight excluding hydrogens is 477 g/mol. The lowest BCUT2D eigenvalue weighted by Gasteiger charge is -2.42. The maximum absolute atomic E-state index is 15.1. The van der Waals surface area contributed by atoms with Crippen molar-refractivity contribution in [2.24, 2.45) is 7.05 Å². The Morgan fingerprint density at radius 2 is 2.03 bits per heavy atom. The van der Waals surface area contributed by atoms with Gasteiger partial charge in [0.1, 0.15) is 23.1 Å². The number of halogens is 5. The Balaban J connectivity index is 1.50. The molecule has 3 aromatic rings. The zero-order chi connectivity index (χ0) is 25.7. The molecule has 35 heavy (non-hydrogen) atoms. The molecule has 3 aromatic heterocycles. The fourth-order valence-corrected chi connectivity index (χ4v) is 4.07. The number of aryl methyl sites for hydroxylation is 2. The standard InChI is InChI=1S/C21H22F5N7O2/c1-11-6-13-17(28-11)27-8-16(29-13)33-5-4-15(20(22,23)10-33)32(3)19(35)30-14-7-12(21(24,25)26)9-31(2)18(14)34/h6-9,15H,4-5,10H2,1-3H3,(H,27,28)(H,30,35)/t15-/m0/s1. The van der Waals surface area contributed by atoms with E-state index in [1.165, 1.54) is 11.1 Å². The average Bonchev–Trinajstić information content (AvgIpc) is 3.14. The summed E-state index contributed by atoms with van der Waals surface area (Å²) in [6.07, 6.45) is -2.94. The number of anilines is 2. The fraction of sp³-hybridized carbons (Fsp3) is 0.429. The van der Waals surface area contributed by atoms with E-state index in [2.05, 4.69) is 15.0 Å². The van der Waals surface area contributed by atoms with Crippen LogP contribution in [0.25, 0.3) is 11.2 Å². The van der Waals surface area contributed by atoms with Gasteiger partial charge in [0.15, 0.2) is 5.65 Å². The Morgan fingerprint density at radius 1 is 1.31 bits per heavy atom. The number of fused-ring (bicyclic) bond motifs is 1. The third kappa shape index (κ3) is 4.77. The second kappa shape index (κ2) is 8.50. The molecule has 0 saturated carbocycles. The number of hydrogen-bond donors (Lipinski definition) is 2. The molecule has 1 aliphatic heterocycles. The van der Waals surface area contributed by atoms with Gasteiger partial charge in [-0.15, -0.1) is 0 Å². The number of pyridine rings is 1. The predicted octanol–water partition coefficient (Wildman–Crippen LogP) is 3.36. The van der Waals surface area contributed by atoms with Crippen molar-refractivity contribution in [3.63, 3.8) is 0 Å². The van der Waals surface area contributed by atoms with E-state index in [9.17, 15) is 22.8 Å². The molecule has 0 unspecified atom stereocenters. The molecule has 0 bridgehead atoms. The lowest BCUT2D eigenvalue weighted by molar-refractivity contribution is -0.138. The summed E-state index contributed by atoms with van der Waals surface area (Å²) in [6, 6.07) is -0.456. The number of H-pyrrole nitrogens is 1. The average molecular weight is 499 g/mol. The lowest BCUT2D eigenvalue weighted by atomic mass is 9.99. The van der Waals surface area contributed by atoms with Crippen LogP contribution in [0.3, 0.4) is 0 Å². The zero-order valence-corrected chi connectivity index (χ0v) is 19.0. The van der Waals surface area contributed by atoms with Crippen molar-refractivity contribution in [1.29, 1.82) is 0 Å². The second-order valence-corrected chi connectivity index (χ2v) is 8.50. The minimum absolute atomic E-state index is 0.132. The smallest absolute Gasteiger partial charge is 0.349 e. The summed E-state index contributed by atoms with van der Waals surface area (Å²) in [5.74, 6) is -3.12. The number of aromatic nitrogens is 4. The SMILES string of the molecule is Cc1cc2nc(N3CC[C@H](N(C)C(=O)Nc4cc(C(F)(F)F)cn(C)c4=O)C(F)(F)C3)cnc2[nH]1.